The number of thiocarbonyl (C=S) groups is 1. The van der Waals surface area contributed by atoms with Gasteiger partial charge in [-0.3, -0.25) is 0 Å². The third kappa shape index (κ3) is 3.78. The van der Waals surface area contributed by atoms with E-state index in [1.54, 1.807) is 6.08 Å². The lowest BCUT2D eigenvalue weighted by molar-refractivity contribution is 0.568. The van der Waals surface area contributed by atoms with Gasteiger partial charge in [-0.1, -0.05) is 54.2 Å². The first-order valence-electron chi connectivity index (χ1n) is 7.69. The average Bonchev–Trinajstić information content (AvgIpc) is 2.56. The SMILES string of the molecule is Cc1cc(C2C=CC(c3ccc(S(N)(=O)=O)c(F)c3)=CC2=S)ccc1Cl. The second-order valence-electron chi connectivity index (χ2n) is 6.04. The minimum absolute atomic E-state index is 0.0711. The zero-order valence-electron chi connectivity index (χ0n) is 13.7. The van der Waals surface area contributed by atoms with Gasteiger partial charge < -0.3 is 0 Å². The Balaban J connectivity index is 1.91. The van der Waals surface area contributed by atoms with E-state index in [0.717, 1.165) is 23.3 Å². The van der Waals surface area contributed by atoms with Crippen molar-refractivity contribution in [2.75, 3.05) is 0 Å². The fourth-order valence-electron chi connectivity index (χ4n) is 2.81. The molecule has 134 valence electrons. The minimum atomic E-state index is -4.09. The number of rotatable bonds is 3. The number of hydrogen-bond acceptors (Lipinski definition) is 3. The van der Waals surface area contributed by atoms with Gasteiger partial charge >= 0.3 is 0 Å². The van der Waals surface area contributed by atoms with Crippen molar-refractivity contribution in [1.29, 1.82) is 0 Å². The second kappa shape index (κ2) is 7.04. The molecular formula is C19H15ClFNO2S2. The van der Waals surface area contributed by atoms with E-state index in [4.69, 9.17) is 29.0 Å². The van der Waals surface area contributed by atoms with Crippen molar-refractivity contribution in [2.24, 2.45) is 5.14 Å². The predicted molar refractivity (Wildman–Crippen MR) is 106 cm³/mol. The Hall–Kier alpha value is -1.86. The first-order valence-corrected chi connectivity index (χ1v) is 10.0. The van der Waals surface area contributed by atoms with Crippen LogP contribution in [0.5, 0.6) is 0 Å². The first-order chi connectivity index (χ1) is 12.2. The van der Waals surface area contributed by atoms with Crippen molar-refractivity contribution in [3.8, 4) is 0 Å². The number of allylic oxidation sites excluding steroid dienone is 4. The van der Waals surface area contributed by atoms with Gasteiger partial charge in [0.2, 0.25) is 10.0 Å². The number of aryl methyl sites for hydroxylation is 1. The van der Waals surface area contributed by atoms with E-state index < -0.39 is 20.7 Å². The van der Waals surface area contributed by atoms with Crippen molar-refractivity contribution in [3.05, 3.63) is 82.2 Å². The standard InChI is InChI=1S/C19H15ClFNO2S2/c1-11-8-14(3-6-16(11)20)15-5-2-13(10-18(15)25)12-4-7-19(17(21)9-12)26(22,23)24/h2-10,15H,1H3,(H2,22,23,24). The van der Waals surface area contributed by atoms with Gasteiger partial charge in [0.1, 0.15) is 10.7 Å². The summed E-state index contributed by atoms with van der Waals surface area (Å²) in [6, 6.07) is 9.56. The van der Waals surface area contributed by atoms with E-state index in [1.165, 1.54) is 6.07 Å². The highest BCUT2D eigenvalue weighted by Gasteiger charge is 2.20. The van der Waals surface area contributed by atoms with Gasteiger partial charge in [-0.05, 0) is 53.5 Å². The lowest BCUT2D eigenvalue weighted by atomic mass is 9.87. The zero-order valence-corrected chi connectivity index (χ0v) is 16.1. The molecule has 0 amide bonds. The molecule has 0 saturated heterocycles. The summed E-state index contributed by atoms with van der Waals surface area (Å²) in [5.74, 6) is -0.959. The maximum Gasteiger partial charge on any atom is 0.240 e. The summed E-state index contributed by atoms with van der Waals surface area (Å²) in [7, 11) is -4.09. The summed E-state index contributed by atoms with van der Waals surface area (Å²) in [5.41, 5.74) is 3.23. The lowest BCUT2D eigenvalue weighted by Gasteiger charge is -2.19. The van der Waals surface area contributed by atoms with Gasteiger partial charge in [0.25, 0.3) is 0 Å². The molecule has 0 radical (unpaired) electrons. The Morgan fingerprint density at radius 1 is 1.19 bits per heavy atom. The van der Waals surface area contributed by atoms with E-state index in [1.807, 2.05) is 37.3 Å². The number of nitrogens with two attached hydrogens (primary N) is 1. The molecule has 0 aliphatic heterocycles. The molecule has 1 aliphatic carbocycles. The van der Waals surface area contributed by atoms with Crippen LogP contribution < -0.4 is 5.14 Å². The van der Waals surface area contributed by atoms with Crippen LogP contribution in [0, 0.1) is 12.7 Å². The third-order valence-electron chi connectivity index (χ3n) is 4.19. The van der Waals surface area contributed by atoms with Crippen molar-refractivity contribution >= 4 is 44.3 Å². The molecule has 0 heterocycles. The Morgan fingerprint density at radius 3 is 2.50 bits per heavy atom. The van der Waals surface area contributed by atoms with Crippen LogP contribution in [0.1, 0.15) is 22.6 Å². The molecule has 0 spiro atoms. The zero-order chi connectivity index (χ0) is 19.1. The van der Waals surface area contributed by atoms with Gasteiger partial charge in [-0.2, -0.15) is 0 Å². The number of primary sulfonamides is 1. The summed E-state index contributed by atoms with van der Waals surface area (Å²) < 4.78 is 36.7. The fourth-order valence-corrected chi connectivity index (χ4v) is 3.86. The molecule has 0 saturated carbocycles. The topological polar surface area (TPSA) is 60.2 Å². The molecule has 1 unspecified atom stereocenters. The van der Waals surface area contributed by atoms with Crippen LogP contribution in [-0.2, 0) is 10.0 Å². The first kappa shape index (κ1) is 18.9. The number of halogens is 2. The van der Waals surface area contributed by atoms with Crippen molar-refractivity contribution in [3.63, 3.8) is 0 Å². The number of hydrogen-bond donors (Lipinski definition) is 1. The minimum Gasteiger partial charge on any atom is -0.225 e. The summed E-state index contributed by atoms with van der Waals surface area (Å²) in [6.45, 7) is 1.93. The maximum absolute atomic E-state index is 14.1. The number of benzene rings is 2. The molecule has 0 aromatic heterocycles. The largest absolute Gasteiger partial charge is 0.240 e. The quantitative estimate of drug-likeness (QED) is 0.759. The maximum atomic E-state index is 14.1. The van der Waals surface area contributed by atoms with Crippen LogP contribution in [0.25, 0.3) is 5.57 Å². The molecule has 26 heavy (non-hydrogen) atoms. The van der Waals surface area contributed by atoms with Crippen LogP contribution in [0.3, 0.4) is 0 Å². The smallest absolute Gasteiger partial charge is 0.225 e. The van der Waals surface area contributed by atoms with Gasteiger partial charge in [0.15, 0.2) is 0 Å². The van der Waals surface area contributed by atoms with E-state index >= 15 is 0 Å². The molecule has 2 aromatic rings. The molecule has 7 heteroatoms. The van der Waals surface area contributed by atoms with Crippen molar-refractivity contribution in [2.45, 2.75) is 17.7 Å². The Bertz CT molecular complexity index is 1070. The van der Waals surface area contributed by atoms with Crippen molar-refractivity contribution in [1.82, 2.24) is 0 Å². The highest BCUT2D eigenvalue weighted by molar-refractivity contribution is 7.89. The highest BCUT2D eigenvalue weighted by Crippen LogP contribution is 2.31. The molecule has 0 fully saturated rings. The summed E-state index contributed by atoms with van der Waals surface area (Å²) in [4.78, 5) is 0.152. The number of sulfonamides is 1. The summed E-state index contributed by atoms with van der Waals surface area (Å²) in [5, 5.41) is 5.68. The normalized spacial score (nSPS) is 17.3. The van der Waals surface area contributed by atoms with Gasteiger partial charge in [0, 0.05) is 15.8 Å². The Kier molecular flexibility index (Phi) is 5.12. The third-order valence-corrected chi connectivity index (χ3v) is 5.93. The van der Waals surface area contributed by atoms with Crippen LogP contribution >= 0.6 is 23.8 Å². The van der Waals surface area contributed by atoms with Crippen molar-refractivity contribution < 1.29 is 12.8 Å². The summed E-state index contributed by atoms with van der Waals surface area (Å²) >= 11 is 11.6. The van der Waals surface area contributed by atoms with Gasteiger partial charge in [0.05, 0.1) is 0 Å². The van der Waals surface area contributed by atoms with E-state index in [-0.39, 0.29) is 5.92 Å². The monoisotopic (exact) mass is 407 g/mol. The molecule has 2 aromatic carbocycles. The molecule has 3 rings (SSSR count). The van der Waals surface area contributed by atoms with Gasteiger partial charge in [-0.15, -0.1) is 0 Å². The summed E-state index contributed by atoms with van der Waals surface area (Å²) in [6.07, 6.45) is 5.57. The second-order valence-corrected chi connectivity index (χ2v) is 8.45. The van der Waals surface area contributed by atoms with Crippen LogP contribution in [0.2, 0.25) is 5.02 Å². The molecule has 3 nitrogen and oxygen atoms in total. The van der Waals surface area contributed by atoms with Gasteiger partial charge in [-0.25, -0.2) is 17.9 Å². The predicted octanol–water partition coefficient (Wildman–Crippen LogP) is 4.54. The Morgan fingerprint density at radius 2 is 1.92 bits per heavy atom. The van der Waals surface area contributed by atoms with Crippen LogP contribution in [0.15, 0.2) is 59.5 Å². The van der Waals surface area contributed by atoms with E-state index in [2.05, 4.69) is 0 Å². The molecule has 1 atom stereocenters. The lowest BCUT2D eigenvalue weighted by Crippen LogP contribution is -2.14. The fraction of sp³-hybridized carbons (Fsp3) is 0.105. The Labute approximate surface area is 162 Å². The van der Waals surface area contributed by atoms with E-state index in [0.29, 0.717) is 21.0 Å². The molecule has 0 bridgehead atoms. The molecule has 2 N–H and O–H groups in total. The average molecular weight is 408 g/mol. The molecular weight excluding hydrogens is 393 g/mol. The van der Waals surface area contributed by atoms with E-state index in [9.17, 15) is 12.8 Å². The molecule has 1 aliphatic rings. The van der Waals surface area contributed by atoms with Crippen LogP contribution in [-0.4, -0.2) is 13.3 Å². The highest BCUT2D eigenvalue weighted by atomic mass is 35.5. The van der Waals surface area contributed by atoms with Crippen LogP contribution in [0.4, 0.5) is 4.39 Å².